The molecule has 1 aromatic heterocycles. The Balaban J connectivity index is 1.39. The summed E-state index contributed by atoms with van der Waals surface area (Å²) in [6.45, 7) is 1.84. The smallest absolute Gasteiger partial charge is 0.306 e. The normalized spacial score (nSPS) is 39.2. The van der Waals surface area contributed by atoms with Crippen molar-refractivity contribution in [3.8, 4) is 0 Å². The van der Waals surface area contributed by atoms with Gasteiger partial charge in [-0.05, 0) is 62.7 Å². The van der Waals surface area contributed by atoms with Crippen molar-refractivity contribution in [3.63, 3.8) is 0 Å². The van der Waals surface area contributed by atoms with Crippen molar-refractivity contribution in [3.05, 3.63) is 11.7 Å². The maximum atomic E-state index is 12.3. The topological polar surface area (TPSA) is 65.2 Å². The van der Waals surface area contributed by atoms with Crippen LogP contribution in [0.25, 0.3) is 0 Å². The summed E-state index contributed by atoms with van der Waals surface area (Å²) in [7, 11) is 0. The third kappa shape index (κ3) is 2.70. The fourth-order valence-electron chi connectivity index (χ4n) is 5.44. The molecule has 0 amide bonds. The lowest BCUT2D eigenvalue weighted by atomic mass is 9.49. The Bertz CT molecular complexity index is 586. The number of esters is 1. The summed E-state index contributed by atoms with van der Waals surface area (Å²) in [6.07, 6.45) is 7.92. The molecule has 0 unspecified atom stereocenters. The van der Waals surface area contributed by atoms with Gasteiger partial charge in [-0.2, -0.15) is 4.98 Å². The zero-order chi connectivity index (χ0) is 15.4. The van der Waals surface area contributed by atoms with E-state index in [1.165, 1.54) is 32.1 Å². The van der Waals surface area contributed by atoms with Crippen molar-refractivity contribution >= 4 is 21.9 Å². The van der Waals surface area contributed by atoms with Crippen molar-refractivity contribution < 1.29 is 14.1 Å². The quantitative estimate of drug-likeness (QED) is 0.600. The van der Waals surface area contributed by atoms with Gasteiger partial charge in [-0.15, -0.1) is 0 Å². The highest BCUT2D eigenvalue weighted by Crippen LogP contribution is 2.65. The van der Waals surface area contributed by atoms with Gasteiger partial charge in [0.15, 0.2) is 12.4 Å². The van der Waals surface area contributed by atoms with Crippen LogP contribution < -0.4 is 0 Å². The van der Waals surface area contributed by atoms with Crippen LogP contribution in [0.1, 0.15) is 56.7 Å². The van der Waals surface area contributed by atoms with Gasteiger partial charge < -0.3 is 9.26 Å². The van der Waals surface area contributed by atoms with Crippen LogP contribution in [0.15, 0.2) is 4.52 Å². The second-order valence-electron chi connectivity index (χ2n) is 7.68. The lowest BCUT2D eigenvalue weighted by Gasteiger charge is -2.60. The zero-order valence-electron chi connectivity index (χ0n) is 12.8. The highest BCUT2D eigenvalue weighted by molar-refractivity contribution is 9.10. The molecule has 5 rings (SSSR count). The van der Waals surface area contributed by atoms with Crippen LogP contribution in [0.2, 0.25) is 0 Å². The summed E-state index contributed by atoms with van der Waals surface area (Å²) in [6, 6.07) is 0. The molecular weight excluding hydrogens is 348 g/mol. The minimum atomic E-state index is -0.131. The van der Waals surface area contributed by atoms with Crippen LogP contribution in [0.3, 0.4) is 0 Å². The number of aryl methyl sites for hydroxylation is 1. The van der Waals surface area contributed by atoms with E-state index in [0.717, 1.165) is 18.3 Å². The van der Waals surface area contributed by atoms with Crippen LogP contribution in [0.4, 0.5) is 0 Å². The first-order valence-electron chi connectivity index (χ1n) is 8.07. The maximum Gasteiger partial charge on any atom is 0.306 e. The van der Waals surface area contributed by atoms with Gasteiger partial charge in [0.1, 0.15) is 0 Å². The van der Waals surface area contributed by atoms with Gasteiger partial charge in [0.25, 0.3) is 5.89 Å². The molecule has 0 radical (unpaired) electrons. The second kappa shape index (κ2) is 5.05. The van der Waals surface area contributed by atoms with E-state index in [4.69, 9.17) is 9.26 Å². The molecule has 22 heavy (non-hydrogen) atoms. The average Bonchev–Trinajstić information content (AvgIpc) is 2.78. The van der Waals surface area contributed by atoms with Crippen molar-refractivity contribution in [1.82, 2.24) is 10.1 Å². The lowest BCUT2D eigenvalue weighted by molar-refractivity contribution is -0.153. The molecule has 5 nitrogen and oxygen atoms in total. The molecule has 4 fully saturated rings. The number of halogens is 1. The number of hydrogen-bond donors (Lipinski definition) is 0. The fourth-order valence-corrected chi connectivity index (χ4v) is 6.95. The molecule has 6 heteroatoms. The Kier molecular flexibility index (Phi) is 3.36. The number of rotatable bonds is 4. The number of ether oxygens (including phenoxy) is 1. The average molecular weight is 369 g/mol. The first-order chi connectivity index (χ1) is 10.4. The van der Waals surface area contributed by atoms with Gasteiger partial charge in [0, 0.05) is 4.32 Å². The van der Waals surface area contributed by atoms with Crippen LogP contribution >= 0.6 is 15.9 Å². The molecule has 4 aliphatic carbocycles. The number of carbonyl (C=O) groups is 1. The maximum absolute atomic E-state index is 12.3. The van der Waals surface area contributed by atoms with Gasteiger partial charge in [-0.25, -0.2) is 0 Å². The minimum absolute atomic E-state index is 0.0854. The largest absolute Gasteiger partial charge is 0.456 e. The Labute approximate surface area is 138 Å². The molecule has 0 spiro atoms. The third-order valence-electron chi connectivity index (χ3n) is 5.56. The second-order valence-corrected chi connectivity index (χ2v) is 9.37. The molecule has 0 aromatic carbocycles. The van der Waals surface area contributed by atoms with Crippen molar-refractivity contribution in [2.45, 2.75) is 62.8 Å². The summed E-state index contributed by atoms with van der Waals surface area (Å²) in [4.78, 5) is 16.3. The third-order valence-corrected chi connectivity index (χ3v) is 6.48. The van der Waals surface area contributed by atoms with Gasteiger partial charge in [0.05, 0.1) is 6.42 Å². The summed E-state index contributed by atoms with van der Waals surface area (Å²) in [5, 5.41) is 3.70. The molecule has 1 aromatic rings. The van der Waals surface area contributed by atoms with E-state index in [1.54, 1.807) is 6.92 Å². The highest BCUT2D eigenvalue weighted by Gasteiger charge is 2.57. The van der Waals surface area contributed by atoms with E-state index in [1.807, 2.05) is 0 Å². The molecule has 2 atom stereocenters. The predicted molar refractivity (Wildman–Crippen MR) is 82.2 cm³/mol. The van der Waals surface area contributed by atoms with E-state index in [2.05, 4.69) is 26.1 Å². The summed E-state index contributed by atoms with van der Waals surface area (Å²) in [5.74, 6) is 2.37. The fraction of sp³-hybridized carbons (Fsp3) is 0.812. The molecule has 120 valence electrons. The minimum Gasteiger partial charge on any atom is -0.456 e. The molecule has 4 aliphatic rings. The van der Waals surface area contributed by atoms with Crippen LogP contribution in [-0.4, -0.2) is 20.4 Å². The standard InChI is InChI=1S/C16H21BrN2O3/c1-10-18-13(22-19-10)8-21-14(20)7-15-3-11-2-12(4-15)6-16(17,5-11)9-15/h11-12H,2-9H2,1H3/t11-,12-,15?,16?/m1/s1. The summed E-state index contributed by atoms with van der Waals surface area (Å²) in [5.41, 5.74) is 0.148. The van der Waals surface area contributed by atoms with E-state index < -0.39 is 0 Å². The van der Waals surface area contributed by atoms with Gasteiger partial charge in [-0.3, -0.25) is 4.79 Å². The van der Waals surface area contributed by atoms with Gasteiger partial charge in [-0.1, -0.05) is 21.1 Å². The number of nitrogens with zero attached hydrogens (tertiary/aromatic N) is 2. The zero-order valence-corrected chi connectivity index (χ0v) is 14.4. The highest BCUT2D eigenvalue weighted by atomic mass is 79.9. The van der Waals surface area contributed by atoms with Crippen molar-refractivity contribution in [1.29, 1.82) is 0 Å². The van der Waals surface area contributed by atoms with E-state index in [9.17, 15) is 4.79 Å². The lowest BCUT2D eigenvalue weighted by Crippen LogP contribution is -2.53. The molecule has 4 bridgehead atoms. The number of alkyl halides is 1. The van der Waals surface area contributed by atoms with Crippen molar-refractivity contribution in [2.24, 2.45) is 17.3 Å². The van der Waals surface area contributed by atoms with E-state index >= 15 is 0 Å². The summed E-state index contributed by atoms with van der Waals surface area (Å²) < 4.78 is 10.6. The Morgan fingerprint density at radius 3 is 2.68 bits per heavy atom. The van der Waals surface area contributed by atoms with Gasteiger partial charge >= 0.3 is 5.97 Å². The first-order valence-corrected chi connectivity index (χ1v) is 8.87. The van der Waals surface area contributed by atoms with Crippen LogP contribution in [0.5, 0.6) is 0 Å². The summed E-state index contributed by atoms with van der Waals surface area (Å²) >= 11 is 3.98. The molecule has 0 aliphatic heterocycles. The van der Waals surface area contributed by atoms with E-state index in [-0.39, 0.29) is 22.3 Å². The molecule has 0 N–H and O–H groups in total. The molecule has 1 heterocycles. The monoisotopic (exact) mass is 368 g/mol. The molecule has 0 saturated heterocycles. The van der Waals surface area contributed by atoms with Crippen molar-refractivity contribution in [2.75, 3.05) is 0 Å². The van der Waals surface area contributed by atoms with Gasteiger partial charge in [0.2, 0.25) is 0 Å². The number of aromatic nitrogens is 2. The Morgan fingerprint density at radius 2 is 2.09 bits per heavy atom. The Hall–Kier alpha value is -0.910. The Morgan fingerprint density at radius 1 is 1.36 bits per heavy atom. The first kappa shape index (κ1) is 14.7. The SMILES string of the molecule is Cc1noc(COC(=O)CC23C[C@H]4C[C@@H](CC(Br)(C4)C2)C3)n1. The predicted octanol–water partition coefficient (Wildman–Crippen LogP) is 3.55. The molecular formula is C16H21BrN2O3. The van der Waals surface area contributed by atoms with E-state index in [0.29, 0.717) is 18.1 Å². The van der Waals surface area contributed by atoms with Crippen LogP contribution in [-0.2, 0) is 16.1 Å². The number of hydrogen-bond acceptors (Lipinski definition) is 5. The number of carbonyl (C=O) groups excluding carboxylic acids is 1. The van der Waals surface area contributed by atoms with Crippen LogP contribution in [0, 0.1) is 24.2 Å². The molecule has 4 saturated carbocycles.